The summed E-state index contributed by atoms with van der Waals surface area (Å²) in [4.78, 5) is 8.04. The van der Waals surface area contributed by atoms with Gasteiger partial charge >= 0.3 is 10.6 Å². The Labute approximate surface area is 463 Å². The number of hydrogen-bond acceptors (Lipinski definition) is 25. The lowest BCUT2D eigenvalue weighted by molar-refractivity contribution is 0.317. The lowest BCUT2D eigenvalue weighted by Gasteiger charge is -2.12. The van der Waals surface area contributed by atoms with E-state index >= 15 is 0 Å². The van der Waals surface area contributed by atoms with Gasteiger partial charge in [0.2, 0.25) is 11.0 Å². The van der Waals surface area contributed by atoms with Crippen molar-refractivity contribution in [3.8, 4) is 23.4 Å². The van der Waals surface area contributed by atoms with E-state index in [1.807, 2.05) is 6.07 Å². The van der Waals surface area contributed by atoms with E-state index in [0.29, 0.717) is 37.2 Å². The molecular formula is C45H40N10O18S7. The third-order valence-electron chi connectivity index (χ3n) is 11.3. The maximum Gasteiger partial charge on any atom is 0.425 e. The number of azo groups is 3. The van der Waals surface area contributed by atoms with Gasteiger partial charge in [-0.15, -0.1) is 50.0 Å². The van der Waals surface area contributed by atoms with E-state index in [-0.39, 0.29) is 97.9 Å². The monoisotopic (exact) mass is 1230 g/mol. The van der Waals surface area contributed by atoms with Crippen molar-refractivity contribution >= 4 is 145 Å². The minimum Gasteiger partial charge on any atom is -0.497 e. The Kier molecular flexibility index (Phi) is 18.1. The molecule has 0 saturated carbocycles. The standard InChI is InChI=1S/C45H40N10O15S6.O3S/c1-23-15-32(51-53-39-25(3)29(22-46)43-47-40-34(55(43)44(39)56)18-27(69-4)19-38(40)76(66,67)68)35(70-11-7-13-73(57,58)59)20-30(23)49-52-33-16-24(2)31(21-36(33)71-12-8-14-74(60,61)62)50-54-45-48-41-37(75(63,64)65)17-26-9-5-6-10-28(26)42(41)72-45;1-4(2)3/h5-6,9-10,15-21,56H,7-8,11-14H2,1-4H3,(H,57,58,59)(H,60,61,62)(H,63,64,65)(H,66,67,68);. The summed E-state index contributed by atoms with van der Waals surface area (Å²) in [5.41, 5.74) is 0.863. The van der Waals surface area contributed by atoms with E-state index in [4.69, 9.17) is 22.1 Å². The molecule has 0 amide bonds. The molecule has 0 unspecified atom stereocenters. The van der Waals surface area contributed by atoms with Crippen molar-refractivity contribution in [3.63, 3.8) is 0 Å². The Morgan fingerprint density at radius 2 is 1.31 bits per heavy atom. The van der Waals surface area contributed by atoms with Crippen molar-refractivity contribution in [1.29, 1.82) is 5.26 Å². The molecule has 0 bridgehead atoms. The topological polar surface area (TPSA) is 436 Å². The van der Waals surface area contributed by atoms with Crippen LogP contribution in [0.5, 0.6) is 17.4 Å². The minimum atomic E-state index is -4.89. The molecule has 5 N–H and O–H groups in total. The summed E-state index contributed by atoms with van der Waals surface area (Å²) in [7, 11) is -20.1. The molecule has 0 fully saturated rings. The van der Waals surface area contributed by atoms with Gasteiger partial charge in [0.1, 0.15) is 49.6 Å². The molecule has 28 nitrogen and oxygen atoms in total. The number of aromatic nitrogens is 3. The molecular weight excluding hydrogens is 1190 g/mol. The normalized spacial score (nSPS) is 12.5. The summed E-state index contributed by atoms with van der Waals surface area (Å²) < 4.78 is 172. The van der Waals surface area contributed by atoms with E-state index in [0.717, 1.165) is 21.8 Å². The van der Waals surface area contributed by atoms with Gasteiger partial charge in [0.25, 0.3) is 40.5 Å². The number of aryl methyl sites for hydroxylation is 2. The van der Waals surface area contributed by atoms with Crippen LogP contribution in [0.3, 0.4) is 0 Å². The first-order chi connectivity index (χ1) is 37.5. The van der Waals surface area contributed by atoms with Crippen LogP contribution in [0.2, 0.25) is 0 Å². The molecule has 0 aliphatic rings. The first-order valence-corrected chi connectivity index (χ1v) is 31.3. The number of imidazole rings is 1. The van der Waals surface area contributed by atoms with Gasteiger partial charge in [-0.25, -0.2) is 9.97 Å². The molecule has 80 heavy (non-hydrogen) atoms. The van der Waals surface area contributed by atoms with Crippen LogP contribution in [-0.4, -0.2) is 115 Å². The Morgan fingerprint density at radius 3 is 1.95 bits per heavy atom. The zero-order valence-electron chi connectivity index (χ0n) is 41.5. The predicted molar refractivity (Wildman–Crippen MR) is 290 cm³/mol. The number of thiazole rings is 1. The Balaban J connectivity index is 0.00000223. The number of methoxy groups -OCH3 is 1. The van der Waals surface area contributed by atoms with E-state index in [9.17, 15) is 62.3 Å². The van der Waals surface area contributed by atoms with Gasteiger partial charge in [-0.05, 0) is 80.1 Å². The van der Waals surface area contributed by atoms with Crippen LogP contribution in [-0.2, 0) is 51.1 Å². The van der Waals surface area contributed by atoms with Crippen LogP contribution in [0.15, 0.2) is 112 Å². The van der Waals surface area contributed by atoms with Crippen LogP contribution < -0.4 is 9.47 Å². The van der Waals surface area contributed by atoms with E-state index in [2.05, 4.69) is 40.7 Å². The molecule has 420 valence electrons. The number of pyridine rings is 1. The second-order valence-electron chi connectivity index (χ2n) is 16.8. The quantitative estimate of drug-likeness (QED) is 0.0217. The number of benzene rings is 5. The fourth-order valence-corrected chi connectivity index (χ4v) is 12.1. The SMILES string of the molecule is COc1cc(S(=O)(=O)O)c2nc3c(C#N)c(C)c(N=Nc4cc(C)c(N=Nc5cc(C)c(N=Nc6nc7c(S(=O)(=O)O)cc8ccccc8c7s6)cc5SCCCS(=O)(=O)O)cc4OCCCS(=O)(=O)O)c(O)n3c2c1.O=S(=O)=O. The number of fused-ring (bicyclic) bond motifs is 6. The van der Waals surface area contributed by atoms with Crippen LogP contribution in [0, 0.1) is 32.1 Å². The van der Waals surface area contributed by atoms with Crippen molar-refractivity contribution in [2.75, 3.05) is 31.0 Å². The average Bonchev–Trinajstić information content (AvgIpc) is 4.04. The maximum absolute atomic E-state index is 12.4. The molecule has 0 aliphatic heterocycles. The zero-order valence-corrected chi connectivity index (χ0v) is 47.2. The molecule has 35 heteroatoms. The first-order valence-electron chi connectivity index (χ1n) is 22.4. The molecule has 5 aromatic carbocycles. The second-order valence-corrected chi connectivity index (χ2v) is 25.2. The maximum atomic E-state index is 12.4. The van der Waals surface area contributed by atoms with Crippen LogP contribution in [0.1, 0.15) is 35.1 Å². The molecule has 3 aromatic heterocycles. The average molecular weight is 1230 g/mol. The summed E-state index contributed by atoms with van der Waals surface area (Å²) in [6.45, 7) is 4.50. The molecule has 0 spiro atoms. The fraction of sp³-hybridized carbons (Fsp3) is 0.222. The van der Waals surface area contributed by atoms with Gasteiger partial charge in [0, 0.05) is 34.0 Å². The number of thioether (sulfide) groups is 1. The lowest BCUT2D eigenvalue weighted by atomic mass is 10.1. The van der Waals surface area contributed by atoms with Crippen LogP contribution in [0.4, 0.5) is 33.6 Å². The highest BCUT2D eigenvalue weighted by molar-refractivity contribution is 7.99. The number of ether oxygens (including phenoxy) is 2. The number of rotatable bonds is 19. The smallest absolute Gasteiger partial charge is 0.425 e. The highest BCUT2D eigenvalue weighted by atomic mass is 32.2. The van der Waals surface area contributed by atoms with Gasteiger partial charge in [-0.1, -0.05) is 35.6 Å². The summed E-state index contributed by atoms with van der Waals surface area (Å²) in [5, 5.41) is 49.5. The number of hydrogen-bond donors (Lipinski definition) is 5. The molecule has 0 radical (unpaired) electrons. The van der Waals surface area contributed by atoms with Gasteiger partial charge in [-0.2, -0.15) is 44.0 Å². The van der Waals surface area contributed by atoms with E-state index in [1.165, 1.54) is 50.1 Å². The van der Waals surface area contributed by atoms with Crippen molar-refractivity contribution in [3.05, 3.63) is 89.0 Å². The van der Waals surface area contributed by atoms with E-state index in [1.54, 1.807) is 50.2 Å². The van der Waals surface area contributed by atoms with Gasteiger partial charge in [-0.3, -0.25) is 22.6 Å². The third-order valence-corrected chi connectivity index (χ3v) is 16.7. The van der Waals surface area contributed by atoms with Gasteiger partial charge in [0.05, 0.1) is 52.5 Å². The van der Waals surface area contributed by atoms with Crippen molar-refractivity contribution in [2.45, 2.75) is 48.3 Å². The summed E-state index contributed by atoms with van der Waals surface area (Å²) in [6.07, 6.45) is -0.132. The predicted octanol–water partition coefficient (Wildman–Crippen LogP) is 9.52. The second kappa shape index (κ2) is 24.1. The Hall–Kier alpha value is -7.50. The summed E-state index contributed by atoms with van der Waals surface area (Å²) >= 11 is 2.22. The van der Waals surface area contributed by atoms with Crippen molar-refractivity contribution in [2.24, 2.45) is 30.7 Å². The highest BCUT2D eigenvalue weighted by Crippen LogP contribution is 2.44. The molecule has 0 aliphatic carbocycles. The Morgan fingerprint density at radius 1 is 0.725 bits per heavy atom. The van der Waals surface area contributed by atoms with Crippen LogP contribution >= 0.6 is 23.1 Å². The number of nitrogens with zero attached hydrogens (tertiary/aromatic N) is 10. The van der Waals surface area contributed by atoms with Crippen LogP contribution in [0.25, 0.3) is 37.7 Å². The summed E-state index contributed by atoms with van der Waals surface area (Å²) in [6, 6.07) is 18.7. The fourth-order valence-electron chi connectivity index (χ4n) is 7.65. The number of nitriles is 1. The minimum absolute atomic E-state index is 0.00249. The van der Waals surface area contributed by atoms with Gasteiger partial charge in [0.15, 0.2) is 11.3 Å². The highest BCUT2D eigenvalue weighted by Gasteiger charge is 2.27. The molecule has 0 saturated heterocycles. The molecule has 8 rings (SSSR count). The molecule has 0 atom stereocenters. The van der Waals surface area contributed by atoms with Gasteiger partial charge < -0.3 is 14.6 Å². The third kappa shape index (κ3) is 14.3. The zero-order chi connectivity index (χ0) is 58.6. The summed E-state index contributed by atoms with van der Waals surface area (Å²) in [5.74, 6) is -1.71. The largest absolute Gasteiger partial charge is 0.497 e. The Bertz CT molecular complexity index is 4560. The number of aromatic hydroxyl groups is 1. The molecule has 8 aromatic rings. The molecule has 3 heterocycles. The van der Waals surface area contributed by atoms with E-state index < -0.39 is 78.3 Å². The van der Waals surface area contributed by atoms with Crippen molar-refractivity contribution in [1.82, 2.24) is 14.4 Å². The lowest BCUT2D eigenvalue weighted by Crippen LogP contribution is -2.08. The first kappa shape index (κ1) is 60.1. The van der Waals surface area contributed by atoms with Crippen molar-refractivity contribution < 1.29 is 79.1 Å².